The van der Waals surface area contributed by atoms with E-state index in [1.807, 2.05) is 37.3 Å². The fourth-order valence-corrected chi connectivity index (χ4v) is 4.82. The molecule has 0 aliphatic heterocycles. The Balaban J connectivity index is 1.63. The maximum absolute atomic E-state index is 10.5. The van der Waals surface area contributed by atoms with E-state index in [-0.39, 0.29) is 13.2 Å². The van der Waals surface area contributed by atoms with Gasteiger partial charge in [-0.05, 0) is 44.0 Å². The van der Waals surface area contributed by atoms with Gasteiger partial charge < -0.3 is 31.1 Å². The quantitative estimate of drug-likeness (QED) is 0.203. The van der Waals surface area contributed by atoms with E-state index in [0.29, 0.717) is 42.4 Å². The maximum Gasteiger partial charge on any atom is 0.224 e. The standard InChI is InChI=1S/C25H29N5O4S/c1-15-18(8-6-17-7-9-21(35-17)19-5-2-3-10-26-19)24(30-25(28-15)27-11-4-12-31)29-20-13-16(14-32)22(33)23(20)34/h2-3,5,7,9-10,16,20,22-23,31-34H,4,11-14H2,1H3,(H2,27,28,29,30)/t16-,20-,22-,23+/m1/s1. The number of hydrogen-bond acceptors (Lipinski definition) is 10. The van der Waals surface area contributed by atoms with Gasteiger partial charge in [-0.1, -0.05) is 17.9 Å². The predicted octanol–water partition coefficient (Wildman–Crippen LogP) is 1.62. The minimum Gasteiger partial charge on any atom is -0.396 e. The van der Waals surface area contributed by atoms with Gasteiger partial charge in [-0.2, -0.15) is 4.98 Å². The van der Waals surface area contributed by atoms with Gasteiger partial charge in [0, 0.05) is 31.9 Å². The van der Waals surface area contributed by atoms with Gasteiger partial charge in [-0.15, -0.1) is 11.3 Å². The van der Waals surface area contributed by atoms with Crippen LogP contribution in [0.1, 0.15) is 29.0 Å². The summed E-state index contributed by atoms with van der Waals surface area (Å²) in [7, 11) is 0. The Morgan fingerprint density at radius 2 is 1.94 bits per heavy atom. The van der Waals surface area contributed by atoms with Crippen LogP contribution >= 0.6 is 11.3 Å². The van der Waals surface area contributed by atoms with Gasteiger partial charge in [0.2, 0.25) is 5.95 Å². The Bertz CT molecular complexity index is 1190. The van der Waals surface area contributed by atoms with Gasteiger partial charge in [0.1, 0.15) is 11.9 Å². The number of aryl methyl sites for hydroxylation is 1. The highest BCUT2D eigenvalue weighted by molar-refractivity contribution is 7.16. The fourth-order valence-electron chi connectivity index (χ4n) is 3.98. The molecule has 1 saturated carbocycles. The molecule has 10 heteroatoms. The van der Waals surface area contributed by atoms with E-state index >= 15 is 0 Å². The van der Waals surface area contributed by atoms with Crippen molar-refractivity contribution in [3.05, 3.63) is 52.7 Å². The van der Waals surface area contributed by atoms with Crippen molar-refractivity contribution in [2.24, 2.45) is 5.92 Å². The van der Waals surface area contributed by atoms with Crippen LogP contribution in [-0.4, -0.2) is 73.4 Å². The lowest BCUT2D eigenvalue weighted by atomic mass is 10.1. The van der Waals surface area contributed by atoms with E-state index in [9.17, 15) is 15.3 Å². The molecule has 0 saturated heterocycles. The molecule has 0 unspecified atom stereocenters. The number of pyridine rings is 1. The van der Waals surface area contributed by atoms with Crippen LogP contribution in [0, 0.1) is 24.7 Å². The molecule has 35 heavy (non-hydrogen) atoms. The average molecular weight is 496 g/mol. The Labute approximate surface area is 207 Å². The molecular formula is C25H29N5O4S. The third-order valence-corrected chi connectivity index (χ3v) is 6.92. The number of aliphatic hydroxyl groups is 4. The van der Waals surface area contributed by atoms with Crippen LogP contribution in [0.15, 0.2) is 36.5 Å². The van der Waals surface area contributed by atoms with E-state index in [1.54, 1.807) is 6.20 Å². The van der Waals surface area contributed by atoms with E-state index in [0.717, 1.165) is 15.4 Å². The Hall–Kier alpha value is -3.07. The summed E-state index contributed by atoms with van der Waals surface area (Å²) in [6.45, 7) is 2.18. The summed E-state index contributed by atoms with van der Waals surface area (Å²) in [5.41, 5.74) is 2.12. The lowest BCUT2D eigenvalue weighted by molar-refractivity contribution is 0.00445. The molecule has 4 atom stereocenters. The second-order valence-electron chi connectivity index (χ2n) is 8.40. The molecule has 1 aliphatic carbocycles. The molecule has 1 aliphatic rings. The minimum absolute atomic E-state index is 0.0522. The Kier molecular flexibility index (Phi) is 8.28. The van der Waals surface area contributed by atoms with Crippen molar-refractivity contribution < 1.29 is 20.4 Å². The number of nitrogens with zero attached hydrogens (tertiary/aromatic N) is 3. The molecule has 4 rings (SSSR count). The fraction of sp³-hybridized carbons (Fsp3) is 0.400. The van der Waals surface area contributed by atoms with Crippen molar-refractivity contribution in [3.63, 3.8) is 0 Å². The molecule has 9 nitrogen and oxygen atoms in total. The first-order valence-corrected chi connectivity index (χ1v) is 12.3. The van der Waals surface area contributed by atoms with Crippen LogP contribution in [0.25, 0.3) is 10.6 Å². The maximum atomic E-state index is 10.5. The molecule has 0 bridgehead atoms. The first-order valence-electron chi connectivity index (χ1n) is 11.5. The third-order valence-electron chi connectivity index (χ3n) is 5.90. The number of anilines is 2. The van der Waals surface area contributed by atoms with Crippen molar-refractivity contribution in [3.8, 4) is 22.4 Å². The molecule has 3 aromatic rings. The summed E-state index contributed by atoms with van der Waals surface area (Å²) < 4.78 is 0. The number of rotatable bonds is 8. The lowest BCUT2D eigenvalue weighted by Gasteiger charge is -2.20. The van der Waals surface area contributed by atoms with Crippen molar-refractivity contribution in [1.29, 1.82) is 0 Å². The molecular weight excluding hydrogens is 466 g/mol. The first kappa shape index (κ1) is 25.0. The normalized spacial score (nSPS) is 21.4. The number of aromatic nitrogens is 3. The second-order valence-corrected chi connectivity index (χ2v) is 9.48. The monoisotopic (exact) mass is 495 g/mol. The first-order chi connectivity index (χ1) is 17.0. The van der Waals surface area contributed by atoms with E-state index < -0.39 is 24.2 Å². The van der Waals surface area contributed by atoms with Gasteiger partial charge >= 0.3 is 0 Å². The summed E-state index contributed by atoms with van der Waals surface area (Å²) in [4.78, 5) is 15.3. The van der Waals surface area contributed by atoms with Gasteiger partial charge in [-0.3, -0.25) is 4.98 Å². The zero-order valence-electron chi connectivity index (χ0n) is 19.3. The zero-order valence-corrected chi connectivity index (χ0v) is 20.2. The minimum atomic E-state index is -1.05. The molecule has 3 heterocycles. The van der Waals surface area contributed by atoms with Crippen LogP contribution in [0.5, 0.6) is 0 Å². The van der Waals surface area contributed by atoms with Crippen molar-refractivity contribution in [2.45, 2.75) is 38.0 Å². The molecule has 0 radical (unpaired) electrons. The molecule has 0 amide bonds. The Morgan fingerprint density at radius 1 is 1.09 bits per heavy atom. The average Bonchev–Trinajstić information content (AvgIpc) is 3.44. The zero-order chi connectivity index (χ0) is 24.8. The van der Waals surface area contributed by atoms with Crippen LogP contribution in [0.2, 0.25) is 0 Å². The smallest absolute Gasteiger partial charge is 0.224 e. The van der Waals surface area contributed by atoms with Gasteiger partial charge in [0.15, 0.2) is 0 Å². The van der Waals surface area contributed by atoms with Crippen LogP contribution < -0.4 is 10.6 Å². The van der Waals surface area contributed by atoms with Crippen LogP contribution in [-0.2, 0) is 0 Å². The number of nitrogens with one attached hydrogen (secondary N) is 2. The summed E-state index contributed by atoms with van der Waals surface area (Å²) in [5, 5.41) is 45.6. The van der Waals surface area contributed by atoms with Crippen molar-refractivity contribution in [1.82, 2.24) is 15.0 Å². The number of hydrogen-bond donors (Lipinski definition) is 6. The van der Waals surface area contributed by atoms with Crippen LogP contribution in [0.3, 0.4) is 0 Å². The Morgan fingerprint density at radius 3 is 2.66 bits per heavy atom. The predicted molar refractivity (Wildman–Crippen MR) is 135 cm³/mol. The van der Waals surface area contributed by atoms with Crippen molar-refractivity contribution >= 4 is 23.1 Å². The molecule has 3 aromatic heterocycles. The highest BCUT2D eigenvalue weighted by atomic mass is 32.1. The van der Waals surface area contributed by atoms with E-state index in [2.05, 4.69) is 37.4 Å². The van der Waals surface area contributed by atoms with Crippen LogP contribution in [0.4, 0.5) is 11.8 Å². The largest absolute Gasteiger partial charge is 0.396 e. The summed E-state index contributed by atoms with van der Waals surface area (Å²) in [5.74, 6) is 6.76. The topological polar surface area (TPSA) is 144 Å². The molecule has 6 N–H and O–H groups in total. The SMILES string of the molecule is Cc1nc(NCCCO)nc(N[C@@H]2C[C@H](CO)[C@@H](O)[C@H]2O)c1C#Cc1ccc(-c2ccccn2)s1. The summed E-state index contributed by atoms with van der Waals surface area (Å²) in [6, 6.07) is 9.20. The highest BCUT2D eigenvalue weighted by Crippen LogP contribution is 2.30. The number of aliphatic hydroxyl groups excluding tert-OH is 4. The van der Waals surface area contributed by atoms with Gasteiger partial charge in [0.05, 0.1) is 38.9 Å². The van der Waals surface area contributed by atoms with Gasteiger partial charge in [0.25, 0.3) is 0 Å². The van der Waals surface area contributed by atoms with Gasteiger partial charge in [-0.25, -0.2) is 4.98 Å². The third kappa shape index (κ3) is 5.96. The van der Waals surface area contributed by atoms with E-state index in [4.69, 9.17) is 5.11 Å². The summed E-state index contributed by atoms with van der Waals surface area (Å²) >= 11 is 1.54. The molecule has 0 aromatic carbocycles. The lowest BCUT2D eigenvalue weighted by Crippen LogP contribution is -2.36. The highest BCUT2D eigenvalue weighted by Gasteiger charge is 2.41. The molecule has 0 spiro atoms. The molecule has 184 valence electrons. The second kappa shape index (κ2) is 11.6. The van der Waals surface area contributed by atoms with Crippen molar-refractivity contribution in [2.75, 3.05) is 30.4 Å². The molecule has 1 fully saturated rings. The summed E-state index contributed by atoms with van der Waals surface area (Å²) in [6.07, 6.45) is 0.626. The van der Waals surface area contributed by atoms with E-state index in [1.165, 1.54) is 11.3 Å². The number of thiophene rings is 1.